The van der Waals surface area contributed by atoms with Gasteiger partial charge in [0.1, 0.15) is 5.75 Å². The molecular formula is C11H19NO2. The SMILES string of the molecule is CC.CC.O=CNc1ccccc1O. The highest BCUT2D eigenvalue weighted by molar-refractivity contribution is 5.74. The summed E-state index contributed by atoms with van der Waals surface area (Å²) in [5, 5.41) is 11.4. The van der Waals surface area contributed by atoms with Crippen LogP contribution in [0.1, 0.15) is 27.7 Å². The van der Waals surface area contributed by atoms with E-state index in [1.807, 2.05) is 27.7 Å². The van der Waals surface area contributed by atoms with Gasteiger partial charge in [0.15, 0.2) is 0 Å². The molecule has 1 amide bonds. The lowest BCUT2D eigenvalue weighted by Gasteiger charge is -1.98. The fraction of sp³-hybridized carbons (Fsp3) is 0.364. The van der Waals surface area contributed by atoms with Gasteiger partial charge in [-0.25, -0.2) is 0 Å². The highest BCUT2D eigenvalue weighted by atomic mass is 16.3. The van der Waals surface area contributed by atoms with Crippen LogP contribution in [0.25, 0.3) is 0 Å². The molecule has 14 heavy (non-hydrogen) atoms. The molecule has 0 aliphatic rings. The molecule has 0 bridgehead atoms. The van der Waals surface area contributed by atoms with Crippen molar-refractivity contribution in [1.29, 1.82) is 0 Å². The second kappa shape index (κ2) is 11.5. The Labute approximate surface area is 85.8 Å². The van der Waals surface area contributed by atoms with Gasteiger partial charge in [-0.05, 0) is 12.1 Å². The summed E-state index contributed by atoms with van der Waals surface area (Å²) in [7, 11) is 0. The topological polar surface area (TPSA) is 49.3 Å². The predicted octanol–water partition coefficient (Wildman–Crippen LogP) is 3.01. The van der Waals surface area contributed by atoms with E-state index in [9.17, 15) is 4.79 Å². The number of nitrogens with one attached hydrogen (secondary N) is 1. The van der Waals surface area contributed by atoms with Crippen molar-refractivity contribution in [2.24, 2.45) is 0 Å². The van der Waals surface area contributed by atoms with E-state index in [1.54, 1.807) is 18.2 Å². The van der Waals surface area contributed by atoms with Gasteiger partial charge >= 0.3 is 0 Å². The second-order valence-electron chi connectivity index (χ2n) is 1.78. The zero-order valence-corrected chi connectivity index (χ0v) is 9.24. The van der Waals surface area contributed by atoms with E-state index in [0.29, 0.717) is 12.1 Å². The minimum atomic E-state index is 0.0783. The van der Waals surface area contributed by atoms with Gasteiger partial charge in [0.05, 0.1) is 5.69 Å². The minimum Gasteiger partial charge on any atom is -0.506 e. The maximum absolute atomic E-state index is 9.90. The van der Waals surface area contributed by atoms with Gasteiger partial charge in [-0.15, -0.1) is 0 Å². The Hall–Kier alpha value is -1.51. The Morgan fingerprint density at radius 2 is 1.64 bits per heavy atom. The molecule has 0 radical (unpaired) electrons. The summed E-state index contributed by atoms with van der Waals surface area (Å²) in [6.45, 7) is 8.00. The summed E-state index contributed by atoms with van der Waals surface area (Å²) >= 11 is 0. The molecule has 80 valence electrons. The van der Waals surface area contributed by atoms with E-state index in [4.69, 9.17) is 5.11 Å². The van der Waals surface area contributed by atoms with Gasteiger partial charge in [-0.2, -0.15) is 0 Å². The number of rotatable bonds is 2. The third-order valence-electron chi connectivity index (χ3n) is 1.12. The molecule has 1 aromatic carbocycles. The van der Waals surface area contributed by atoms with E-state index >= 15 is 0 Å². The van der Waals surface area contributed by atoms with Gasteiger partial charge in [0, 0.05) is 0 Å². The zero-order chi connectivity index (χ0) is 11.4. The molecule has 0 aliphatic heterocycles. The zero-order valence-electron chi connectivity index (χ0n) is 9.24. The Bertz CT molecular complexity index is 236. The highest BCUT2D eigenvalue weighted by Crippen LogP contribution is 2.20. The van der Waals surface area contributed by atoms with Crippen molar-refractivity contribution in [1.82, 2.24) is 0 Å². The maximum Gasteiger partial charge on any atom is 0.211 e. The Morgan fingerprint density at radius 3 is 2.07 bits per heavy atom. The molecule has 0 saturated heterocycles. The van der Waals surface area contributed by atoms with Crippen molar-refractivity contribution in [2.45, 2.75) is 27.7 Å². The van der Waals surface area contributed by atoms with Crippen LogP contribution in [0, 0.1) is 0 Å². The van der Waals surface area contributed by atoms with Crippen molar-refractivity contribution >= 4 is 12.1 Å². The largest absolute Gasteiger partial charge is 0.506 e. The fourth-order valence-corrected chi connectivity index (χ4v) is 0.659. The lowest BCUT2D eigenvalue weighted by Crippen LogP contribution is -1.92. The number of hydrogen-bond donors (Lipinski definition) is 2. The van der Waals surface area contributed by atoms with Crippen LogP contribution in [0.5, 0.6) is 5.75 Å². The molecule has 3 nitrogen and oxygen atoms in total. The average Bonchev–Trinajstić information content (AvgIpc) is 2.28. The van der Waals surface area contributed by atoms with Crippen molar-refractivity contribution in [2.75, 3.05) is 5.32 Å². The standard InChI is InChI=1S/C7H7NO2.2C2H6/c9-5-8-6-3-1-2-4-7(6)10;2*1-2/h1-5,10H,(H,8,9);2*1-2H3. The van der Waals surface area contributed by atoms with Gasteiger partial charge in [0.25, 0.3) is 0 Å². The molecule has 0 saturated carbocycles. The fourth-order valence-electron chi connectivity index (χ4n) is 0.659. The number of carbonyl (C=O) groups is 1. The van der Waals surface area contributed by atoms with E-state index in [2.05, 4.69) is 5.32 Å². The molecule has 0 unspecified atom stereocenters. The number of anilines is 1. The lowest BCUT2D eigenvalue weighted by molar-refractivity contribution is -0.105. The van der Waals surface area contributed by atoms with Crippen LogP contribution in [0.15, 0.2) is 24.3 Å². The summed E-state index contributed by atoms with van der Waals surface area (Å²) in [6.07, 6.45) is 0.523. The summed E-state index contributed by atoms with van der Waals surface area (Å²) < 4.78 is 0. The monoisotopic (exact) mass is 197 g/mol. The van der Waals surface area contributed by atoms with Crippen LogP contribution in [0.4, 0.5) is 5.69 Å². The minimum absolute atomic E-state index is 0.0783. The Kier molecular flexibility index (Phi) is 12.3. The first-order chi connectivity index (χ1) is 6.84. The lowest BCUT2D eigenvalue weighted by atomic mass is 10.3. The molecule has 0 aromatic heterocycles. The maximum atomic E-state index is 9.90. The smallest absolute Gasteiger partial charge is 0.211 e. The first kappa shape index (κ1) is 15.0. The van der Waals surface area contributed by atoms with E-state index in [0.717, 1.165) is 0 Å². The number of phenolic OH excluding ortho intramolecular Hbond substituents is 1. The van der Waals surface area contributed by atoms with Crippen LogP contribution in [0.2, 0.25) is 0 Å². The first-order valence-electron chi connectivity index (χ1n) is 4.83. The highest BCUT2D eigenvalue weighted by Gasteiger charge is 1.94. The number of phenols is 1. The summed E-state index contributed by atoms with van der Waals surface area (Å²) in [5.41, 5.74) is 0.428. The normalized spacial score (nSPS) is 7.14. The number of carbonyl (C=O) groups excluding carboxylic acids is 1. The van der Waals surface area contributed by atoms with Crippen molar-refractivity contribution in [3.8, 4) is 5.75 Å². The molecule has 2 N–H and O–H groups in total. The van der Waals surface area contributed by atoms with Crippen LogP contribution in [-0.2, 0) is 4.79 Å². The van der Waals surface area contributed by atoms with Crippen LogP contribution < -0.4 is 5.32 Å². The second-order valence-corrected chi connectivity index (χ2v) is 1.78. The van der Waals surface area contributed by atoms with Gasteiger partial charge < -0.3 is 10.4 Å². The Balaban J connectivity index is 0. The number of aromatic hydroxyl groups is 1. The summed E-state index contributed by atoms with van der Waals surface area (Å²) in [6, 6.07) is 6.53. The molecule has 3 heteroatoms. The molecular weight excluding hydrogens is 178 g/mol. The van der Waals surface area contributed by atoms with Gasteiger partial charge in [0.2, 0.25) is 6.41 Å². The summed E-state index contributed by atoms with van der Waals surface area (Å²) in [5.74, 6) is 0.0783. The first-order valence-corrected chi connectivity index (χ1v) is 4.83. The predicted molar refractivity (Wildman–Crippen MR) is 60.5 cm³/mol. The van der Waals surface area contributed by atoms with E-state index in [-0.39, 0.29) is 5.75 Å². The van der Waals surface area contributed by atoms with E-state index in [1.165, 1.54) is 6.07 Å². The van der Waals surface area contributed by atoms with Crippen LogP contribution in [0.3, 0.4) is 0 Å². The number of para-hydroxylation sites is 2. The van der Waals surface area contributed by atoms with Crippen LogP contribution >= 0.6 is 0 Å². The number of hydrogen-bond acceptors (Lipinski definition) is 2. The van der Waals surface area contributed by atoms with Crippen LogP contribution in [-0.4, -0.2) is 11.5 Å². The molecule has 0 aliphatic carbocycles. The quantitative estimate of drug-likeness (QED) is 0.565. The Morgan fingerprint density at radius 1 is 1.14 bits per heavy atom. The van der Waals surface area contributed by atoms with Crippen molar-refractivity contribution < 1.29 is 9.90 Å². The number of amides is 1. The molecule has 0 spiro atoms. The third kappa shape index (κ3) is 6.06. The van der Waals surface area contributed by atoms with E-state index < -0.39 is 0 Å². The van der Waals surface area contributed by atoms with Gasteiger partial charge in [-0.1, -0.05) is 39.8 Å². The molecule has 1 aromatic rings. The molecule has 0 atom stereocenters. The number of benzene rings is 1. The average molecular weight is 197 g/mol. The van der Waals surface area contributed by atoms with Crippen molar-refractivity contribution in [3.05, 3.63) is 24.3 Å². The van der Waals surface area contributed by atoms with Gasteiger partial charge in [-0.3, -0.25) is 4.79 Å². The third-order valence-corrected chi connectivity index (χ3v) is 1.12. The summed E-state index contributed by atoms with van der Waals surface area (Å²) in [4.78, 5) is 9.90. The van der Waals surface area contributed by atoms with Crippen molar-refractivity contribution in [3.63, 3.8) is 0 Å². The molecule has 1 rings (SSSR count). The molecule has 0 fully saturated rings. The molecule has 0 heterocycles.